The first-order chi connectivity index (χ1) is 10.3. The molecule has 0 saturated heterocycles. The van der Waals surface area contributed by atoms with Crippen molar-refractivity contribution in [3.8, 4) is 0 Å². The molecule has 0 bridgehead atoms. The molecule has 110 valence electrons. The summed E-state index contributed by atoms with van der Waals surface area (Å²) in [6.07, 6.45) is 1.62. The molecule has 0 radical (unpaired) electrons. The Bertz CT molecular complexity index is 547. The van der Waals surface area contributed by atoms with Crippen molar-refractivity contribution in [2.45, 2.75) is 38.9 Å². The zero-order valence-electron chi connectivity index (χ0n) is 12.9. The molecule has 0 unspecified atom stereocenters. The maximum atomic E-state index is 6.27. The number of rotatable bonds is 6. The maximum Gasteiger partial charge on any atom is 0.0720 e. The summed E-state index contributed by atoms with van der Waals surface area (Å²) in [6, 6.07) is 21.3. The van der Waals surface area contributed by atoms with E-state index in [-0.39, 0.29) is 0 Å². The van der Waals surface area contributed by atoms with E-state index in [1.54, 1.807) is 0 Å². The molecular formula is C20H24O. The van der Waals surface area contributed by atoms with Crippen LogP contribution in [0.1, 0.15) is 37.3 Å². The van der Waals surface area contributed by atoms with Crippen LogP contribution in [-0.2, 0) is 11.3 Å². The van der Waals surface area contributed by atoms with Gasteiger partial charge in [-0.2, -0.15) is 0 Å². The third-order valence-electron chi connectivity index (χ3n) is 4.43. The Balaban J connectivity index is 1.61. The van der Waals surface area contributed by atoms with Gasteiger partial charge in [-0.15, -0.1) is 0 Å². The van der Waals surface area contributed by atoms with Crippen LogP contribution in [0.25, 0.3) is 0 Å². The molecule has 21 heavy (non-hydrogen) atoms. The van der Waals surface area contributed by atoms with E-state index in [4.69, 9.17) is 4.74 Å². The van der Waals surface area contributed by atoms with Crippen molar-refractivity contribution in [2.24, 2.45) is 11.8 Å². The first-order valence-electron chi connectivity index (χ1n) is 7.96. The van der Waals surface area contributed by atoms with Crippen molar-refractivity contribution in [1.29, 1.82) is 0 Å². The van der Waals surface area contributed by atoms with Crippen LogP contribution < -0.4 is 0 Å². The number of benzene rings is 2. The first-order valence-corrected chi connectivity index (χ1v) is 7.96. The van der Waals surface area contributed by atoms with Gasteiger partial charge in [-0.1, -0.05) is 74.5 Å². The molecule has 1 heteroatoms. The Hall–Kier alpha value is -1.60. The van der Waals surface area contributed by atoms with Crippen LogP contribution in [0.3, 0.4) is 0 Å². The van der Waals surface area contributed by atoms with Gasteiger partial charge in [-0.3, -0.25) is 0 Å². The third kappa shape index (κ3) is 3.54. The summed E-state index contributed by atoms with van der Waals surface area (Å²) in [4.78, 5) is 0. The third-order valence-corrected chi connectivity index (χ3v) is 4.43. The second-order valence-corrected chi connectivity index (χ2v) is 6.42. The van der Waals surface area contributed by atoms with Gasteiger partial charge in [0.2, 0.25) is 0 Å². The molecule has 0 aromatic heterocycles. The Morgan fingerprint density at radius 2 is 1.57 bits per heavy atom. The van der Waals surface area contributed by atoms with Gasteiger partial charge >= 0.3 is 0 Å². The molecule has 2 aromatic rings. The highest BCUT2D eigenvalue weighted by Crippen LogP contribution is 2.51. The Kier molecular flexibility index (Phi) is 4.40. The second kappa shape index (κ2) is 6.44. The average Bonchev–Trinajstić information content (AvgIpc) is 3.29. The summed E-state index contributed by atoms with van der Waals surface area (Å²) in [6.45, 7) is 5.27. The summed E-state index contributed by atoms with van der Waals surface area (Å²) < 4.78 is 6.27. The molecule has 1 fully saturated rings. The van der Waals surface area contributed by atoms with E-state index >= 15 is 0 Å². The summed E-state index contributed by atoms with van der Waals surface area (Å²) in [5.41, 5.74) is 2.73. The van der Waals surface area contributed by atoms with Gasteiger partial charge in [0, 0.05) is 0 Å². The fraction of sp³-hybridized carbons (Fsp3) is 0.400. The quantitative estimate of drug-likeness (QED) is 0.721. The molecule has 1 aliphatic carbocycles. The zero-order valence-corrected chi connectivity index (χ0v) is 12.9. The Labute approximate surface area is 128 Å². The molecule has 1 nitrogen and oxygen atoms in total. The maximum absolute atomic E-state index is 6.27. The van der Waals surface area contributed by atoms with Gasteiger partial charge in [-0.25, -0.2) is 0 Å². The van der Waals surface area contributed by atoms with Crippen molar-refractivity contribution < 1.29 is 4.74 Å². The van der Waals surface area contributed by atoms with Crippen LogP contribution in [0, 0.1) is 11.8 Å². The normalized spacial score (nSPS) is 22.2. The lowest BCUT2D eigenvalue weighted by atomic mass is 9.99. The molecule has 0 aliphatic heterocycles. The fourth-order valence-corrected chi connectivity index (χ4v) is 3.24. The van der Waals surface area contributed by atoms with Gasteiger partial charge in [0.25, 0.3) is 0 Å². The van der Waals surface area contributed by atoms with E-state index in [0.29, 0.717) is 23.9 Å². The summed E-state index contributed by atoms with van der Waals surface area (Å²) in [5.74, 6) is 1.93. The van der Waals surface area contributed by atoms with Crippen LogP contribution in [0.4, 0.5) is 0 Å². The minimum atomic E-state index is 0.357. The minimum Gasteiger partial charge on any atom is -0.373 e. The highest BCUT2D eigenvalue weighted by atomic mass is 16.5. The lowest BCUT2D eigenvalue weighted by molar-refractivity contribution is -0.00520. The smallest absolute Gasteiger partial charge is 0.0720 e. The molecule has 0 spiro atoms. The van der Waals surface area contributed by atoms with Gasteiger partial charge in [0.15, 0.2) is 0 Å². The first kappa shape index (κ1) is 14.3. The minimum absolute atomic E-state index is 0.357. The van der Waals surface area contributed by atoms with Gasteiger partial charge in [0.1, 0.15) is 0 Å². The van der Waals surface area contributed by atoms with Crippen LogP contribution in [0.2, 0.25) is 0 Å². The monoisotopic (exact) mass is 280 g/mol. The SMILES string of the molecule is CC(C)[C@H](OCc1ccccc1)[C@H]1C[C@@H]1c1ccccc1. The molecule has 1 aliphatic rings. The molecule has 1 saturated carbocycles. The van der Waals surface area contributed by atoms with E-state index in [9.17, 15) is 0 Å². The predicted molar refractivity (Wildman–Crippen MR) is 87.1 cm³/mol. The molecule has 3 rings (SSSR count). The van der Waals surface area contributed by atoms with Crippen LogP contribution in [-0.4, -0.2) is 6.10 Å². The molecule has 0 heterocycles. The van der Waals surface area contributed by atoms with Gasteiger partial charge in [0.05, 0.1) is 12.7 Å². The van der Waals surface area contributed by atoms with E-state index < -0.39 is 0 Å². The van der Waals surface area contributed by atoms with Crippen molar-refractivity contribution in [1.82, 2.24) is 0 Å². The van der Waals surface area contributed by atoms with Crippen molar-refractivity contribution in [3.63, 3.8) is 0 Å². The van der Waals surface area contributed by atoms with Crippen molar-refractivity contribution in [2.75, 3.05) is 0 Å². The van der Waals surface area contributed by atoms with E-state index in [2.05, 4.69) is 74.5 Å². The van der Waals surface area contributed by atoms with Crippen LogP contribution >= 0.6 is 0 Å². The molecule has 0 amide bonds. The van der Waals surface area contributed by atoms with E-state index in [1.807, 2.05) is 0 Å². The predicted octanol–water partition coefficient (Wildman–Crippen LogP) is 5.03. The van der Waals surface area contributed by atoms with E-state index in [1.165, 1.54) is 17.5 Å². The van der Waals surface area contributed by atoms with Crippen molar-refractivity contribution in [3.05, 3.63) is 71.8 Å². The molecule has 0 N–H and O–H groups in total. The number of hydrogen-bond donors (Lipinski definition) is 0. The lowest BCUT2D eigenvalue weighted by Crippen LogP contribution is -2.23. The van der Waals surface area contributed by atoms with Gasteiger partial charge < -0.3 is 4.74 Å². The Morgan fingerprint density at radius 1 is 0.952 bits per heavy atom. The lowest BCUT2D eigenvalue weighted by Gasteiger charge is -2.22. The summed E-state index contributed by atoms with van der Waals surface area (Å²) in [7, 11) is 0. The largest absolute Gasteiger partial charge is 0.373 e. The van der Waals surface area contributed by atoms with Crippen LogP contribution in [0.15, 0.2) is 60.7 Å². The topological polar surface area (TPSA) is 9.23 Å². The van der Waals surface area contributed by atoms with E-state index in [0.717, 1.165) is 6.61 Å². The van der Waals surface area contributed by atoms with Crippen molar-refractivity contribution >= 4 is 0 Å². The van der Waals surface area contributed by atoms with Crippen LogP contribution in [0.5, 0.6) is 0 Å². The number of ether oxygens (including phenoxy) is 1. The summed E-state index contributed by atoms with van der Waals surface area (Å²) >= 11 is 0. The fourth-order valence-electron chi connectivity index (χ4n) is 3.24. The summed E-state index contributed by atoms with van der Waals surface area (Å²) in [5, 5.41) is 0. The Morgan fingerprint density at radius 3 is 2.19 bits per heavy atom. The average molecular weight is 280 g/mol. The number of hydrogen-bond acceptors (Lipinski definition) is 1. The highest BCUT2D eigenvalue weighted by molar-refractivity contribution is 5.26. The molecule has 3 atom stereocenters. The molecular weight excluding hydrogens is 256 g/mol. The highest BCUT2D eigenvalue weighted by Gasteiger charge is 2.45. The molecule has 2 aromatic carbocycles. The zero-order chi connectivity index (χ0) is 14.7. The van der Waals surface area contributed by atoms with Gasteiger partial charge in [-0.05, 0) is 35.3 Å². The standard InChI is InChI=1S/C20H24O/c1-15(2)20(21-14-16-9-5-3-6-10-16)19-13-18(19)17-11-7-4-8-12-17/h3-12,15,18-20H,13-14H2,1-2H3/t18-,19+,20+/m1/s1. The second-order valence-electron chi connectivity index (χ2n) is 6.42.